The minimum atomic E-state index is 0.536. The highest BCUT2D eigenvalue weighted by atomic mass is 35.5. The Kier molecular flexibility index (Phi) is 5.55. The normalized spacial score (nSPS) is 19.9. The van der Waals surface area contributed by atoms with Crippen LogP contribution in [0.2, 0.25) is 5.15 Å². The first kappa shape index (κ1) is 14.7. The highest BCUT2D eigenvalue weighted by Crippen LogP contribution is 2.11. The molecule has 4 nitrogen and oxygen atoms in total. The molecule has 0 aromatic carbocycles. The molecule has 2 rings (SSSR count). The fourth-order valence-electron chi connectivity index (χ4n) is 2.56. The van der Waals surface area contributed by atoms with E-state index in [9.17, 15) is 0 Å². The molecule has 1 unspecified atom stereocenters. The summed E-state index contributed by atoms with van der Waals surface area (Å²) < 4.78 is 0. The number of hydrogen-bond acceptors (Lipinski definition) is 4. The van der Waals surface area contributed by atoms with Gasteiger partial charge < -0.3 is 5.32 Å². The van der Waals surface area contributed by atoms with Crippen LogP contribution in [0, 0.1) is 6.92 Å². The molecule has 106 valence electrons. The highest BCUT2D eigenvalue weighted by molar-refractivity contribution is 6.29. The third kappa shape index (κ3) is 4.71. The molecule has 0 bridgehead atoms. The molecule has 5 heteroatoms. The van der Waals surface area contributed by atoms with Crippen molar-refractivity contribution in [3.8, 4) is 0 Å². The molecule has 0 amide bonds. The third-order valence-electron chi connectivity index (χ3n) is 3.57. The van der Waals surface area contributed by atoms with Gasteiger partial charge in [-0.2, -0.15) is 0 Å². The topological polar surface area (TPSA) is 41.1 Å². The fourth-order valence-corrected chi connectivity index (χ4v) is 2.81. The maximum atomic E-state index is 5.99. The Bertz CT molecular complexity index is 384. The average molecular weight is 283 g/mol. The lowest BCUT2D eigenvalue weighted by Gasteiger charge is -2.29. The second-order valence-corrected chi connectivity index (χ2v) is 5.61. The monoisotopic (exact) mass is 282 g/mol. The predicted molar refractivity (Wildman–Crippen MR) is 78.4 cm³/mol. The van der Waals surface area contributed by atoms with Crippen LogP contribution in [0.4, 0.5) is 0 Å². The molecule has 2 heterocycles. The Balaban J connectivity index is 1.93. The van der Waals surface area contributed by atoms with Crippen LogP contribution in [-0.4, -0.2) is 40.5 Å². The summed E-state index contributed by atoms with van der Waals surface area (Å²) in [5, 5.41) is 4.12. The first-order chi connectivity index (χ1) is 9.17. The quantitative estimate of drug-likeness (QED) is 0.842. The molecule has 0 saturated carbocycles. The van der Waals surface area contributed by atoms with Crippen molar-refractivity contribution in [2.24, 2.45) is 0 Å². The molecule has 0 radical (unpaired) electrons. The molecule has 1 atom stereocenters. The van der Waals surface area contributed by atoms with Crippen molar-refractivity contribution in [3.63, 3.8) is 0 Å². The smallest absolute Gasteiger partial charge is 0.144 e. The van der Waals surface area contributed by atoms with Crippen molar-refractivity contribution in [1.29, 1.82) is 0 Å². The van der Waals surface area contributed by atoms with Gasteiger partial charge in [-0.15, -0.1) is 0 Å². The van der Waals surface area contributed by atoms with Crippen molar-refractivity contribution in [3.05, 3.63) is 22.7 Å². The van der Waals surface area contributed by atoms with Gasteiger partial charge in [-0.3, -0.25) is 4.90 Å². The number of rotatable bonds is 5. The summed E-state index contributed by atoms with van der Waals surface area (Å²) >= 11 is 5.99. The summed E-state index contributed by atoms with van der Waals surface area (Å²) in [6, 6.07) is 2.40. The van der Waals surface area contributed by atoms with E-state index in [1.807, 2.05) is 6.92 Å². The maximum absolute atomic E-state index is 5.99. The largest absolute Gasteiger partial charge is 0.313 e. The molecule has 0 aliphatic carbocycles. The zero-order valence-corrected chi connectivity index (χ0v) is 12.6. The number of nitrogens with one attached hydrogen (secondary N) is 1. The Hall–Kier alpha value is -0.710. The molecule has 1 aliphatic rings. The third-order valence-corrected chi connectivity index (χ3v) is 3.77. The van der Waals surface area contributed by atoms with Crippen LogP contribution in [0.1, 0.15) is 37.7 Å². The van der Waals surface area contributed by atoms with Gasteiger partial charge in [0.1, 0.15) is 11.0 Å². The van der Waals surface area contributed by atoms with Gasteiger partial charge in [0.25, 0.3) is 0 Å². The number of piperidine rings is 1. The van der Waals surface area contributed by atoms with Crippen LogP contribution in [-0.2, 0) is 6.54 Å². The van der Waals surface area contributed by atoms with E-state index in [2.05, 4.69) is 27.1 Å². The minimum Gasteiger partial charge on any atom is -0.313 e. The van der Waals surface area contributed by atoms with Gasteiger partial charge in [-0.25, -0.2) is 9.97 Å². The van der Waals surface area contributed by atoms with E-state index < -0.39 is 0 Å². The number of aromatic nitrogens is 2. The lowest BCUT2D eigenvalue weighted by atomic mass is 10.0. The van der Waals surface area contributed by atoms with Crippen LogP contribution in [0.25, 0.3) is 0 Å². The van der Waals surface area contributed by atoms with E-state index >= 15 is 0 Å². The zero-order valence-electron chi connectivity index (χ0n) is 11.8. The number of halogens is 1. The predicted octanol–water partition coefficient (Wildman–Crippen LogP) is 2.40. The standard InChI is InChI=1S/C14H23ClN4/c1-3-19(9-12-6-4-5-7-16-12)10-14-17-11(2)8-13(15)18-14/h8,12,16H,3-7,9-10H2,1-2H3. The van der Waals surface area contributed by atoms with Crippen molar-refractivity contribution in [2.75, 3.05) is 19.6 Å². The molecular formula is C14H23ClN4. The lowest BCUT2D eigenvalue weighted by Crippen LogP contribution is -2.43. The van der Waals surface area contributed by atoms with E-state index in [-0.39, 0.29) is 0 Å². The van der Waals surface area contributed by atoms with E-state index in [0.717, 1.165) is 37.7 Å². The fraction of sp³-hybridized carbons (Fsp3) is 0.714. The molecule has 1 aromatic rings. The molecule has 1 aromatic heterocycles. The summed E-state index contributed by atoms with van der Waals surface area (Å²) in [5.74, 6) is 0.822. The van der Waals surface area contributed by atoms with Crippen molar-refractivity contribution in [1.82, 2.24) is 20.2 Å². The molecule has 0 spiro atoms. The molecule has 1 aliphatic heterocycles. The van der Waals surface area contributed by atoms with Gasteiger partial charge in [0.05, 0.1) is 6.54 Å². The Morgan fingerprint density at radius 3 is 2.89 bits per heavy atom. The van der Waals surface area contributed by atoms with Gasteiger partial charge in [-0.1, -0.05) is 24.9 Å². The number of hydrogen-bond donors (Lipinski definition) is 1. The summed E-state index contributed by atoms with van der Waals surface area (Å²) in [4.78, 5) is 11.1. The number of nitrogens with zero attached hydrogens (tertiary/aromatic N) is 3. The van der Waals surface area contributed by atoms with E-state index in [4.69, 9.17) is 11.6 Å². The lowest BCUT2D eigenvalue weighted by molar-refractivity contribution is 0.222. The average Bonchev–Trinajstić information content (AvgIpc) is 2.38. The molecular weight excluding hydrogens is 260 g/mol. The highest BCUT2D eigenvalue weighted by Gasteiger charge is 2.16. The summed E-state index contributed by atoms with van der Waals surface area (Å²) in [6.45, 7) is 8.12. The number of aryl methyl sites for hydroxylation is 1. The zero-order chi connectivity index (χ0) is 13.7. The first-order valence-corrected chi connectivity index (χ1v) is 7.51. The molecule has 1 saturated heterocycles. The Labute approximate surface area is 120 Å². The second kappa shape index (κ2) is 7.17. The van der Waals surface area contributed by atoms with Gasteiger partial charge in [0, 0.05) is 18.3 Å². The van der Waals surface area contributed by atoms with Gasteiger partial charge in [0.15, 0.2) is 0 Å². The van der Waals surface area contributed by atoms with E-state index in [1.54, 1.807) is 6.07 Å². The molecule has 1 N–H and O–H groups in total. The van der Waals surface area contributed by atoms with Crippen molar-refractivity contribution in [2.45, 2.75) is 45.7 Å². The van der Waals surface area contributed by atoms with Crippen LogP contribution in [0.5, 0.6) is 0 Å². The minimum absolute atomic E-state index is 0.536. The van der Waals surface area contributed by atoms with Crippen molar-refractivity contribution >= 4 is 11.6 Å². The van der Waals surface area contributed by atoms with E-state index in [1.165, 1.54) is 19.3 Å². The van der Waals surface area contributed by atoms with Crippen LogP contribution in [0.3, 0.4) is 0 Å². The van der Waals surface area contributed by atoms with Crippen molar-refractivity contribution < 1.29 is 0 Å². The Morgan fingerprint density at radius 2 is 2.26 bits per heavy atom. The Morgan fingerprint density at radius 1 is 1.42 bits per heavy atom. The van der Waals surface area contributed by atoms with Crippen LogP contribution >= 0.6 is 11.6 Å². The molecule has 1 fully saturated rings. The number of likely N-dealkylation sites (N-methyl/N-ethyl adjacent to an activating group) is 1. The van der Waals surface area contributed by atoms with Gasteiger partial charge >= 0.3 is 0 Å². The van der Waals surface area contributed by atoms with Crippen LogP contribution in [0.15, 0.2) is 6.07 Å². The summed E-state index contributed by atoms with van der Waals surface area (Å²) in [5.41, 5.74) is 0.932. The maximum Gasteiger partial charge on any atom is 0.144 e. The van der Waals surface area contributed by atoms with Gasteiger partial charge in [0.2, 0.25) is 0 Å². The SMILES string of the molecule is CCN(Cc1nc(C)cc(Cl)n1)CC1CCCCN1. The summed E-state index contributed by atoms with van der Waals surface area (Å²) in [7, 11) is 0. The molecule has 19 heavy (non-hydrogen) atoms. The first-order valence-electron chi connectivity index (χ1n) is 7.13. The van der Waals surface area contributed by atoms with Gasteiger partial charge in [-0.05, 0) is 38.9 Å². The second-order valence-electron chi connectivity index (χ2n) is 5.22. The van der Waals surface area contributed by atoms with E-state index in [0.29, 0.717) is 11.2 Å². The van der Waals surface area contributed by atoms with Crippen LogP contribution < -0.4 is 5.32 Å². The summed E-state index contributed by atoms with van der Waals surface area (Å²) in [6.07, 6.45) is 3.91.